The maximum Gasteiger partial charge on any atom is 1.00 e. The Labute approximate surface area is 198 Å². The third-order valence-corrected chi connectivity index (χ3v) is 3.67. The van der Waals surface area contributed by atoms with Gasteiger partial charge in [0.05, 0.1) is 21.9 Å². The van der Waals surface area contributed by atoms with Crippen molar-refractivity contribution in [1.82, 2.24) is 9.97 Å². The number of fused-ring (bicyclic) bond motifs is 1. The zero-order chi connectivity index (χ0) is 14.4. The van der Waals surface area contributed by atoms with Crippen LogP contribution in [-0.2, 0) is 0 Å². The van der Waals surface area contributed by atoms with Crippen LogP contribution < -0.4 is 86.7 Å². The molecule has 3 nitrogen and oxygen atoms in total. The van der Waals surface area contributed by atoms with Gasteiger partial charge < -0.3 is 13.6 Å². The Balaban J connectivity index is 0. The number of benzene rings is 1. The number of hydrogen-bond acceptors (Lipinski definition) is 2. The fourth-order valence-electron chi connectivity index (χ4n) is 2.14. The average Bonchev–Trinajstić information content (AvgIpc) is 2.91. The zero-order valence-corrected chi connectivity index (χ0v) is 18.3. The van der Waals surface area contributed by atoms with Gasteiger partial charge in [-0.25, -0.2) is 13.8 Å². The zero-order valence-electron chi connectivity index (χ0n) is 14.5. The molecule has 0 atom stereocenters. The summed E-state index contributed by atoms with van der Waals surface area (Å²) >= 11 is 5.83. The first-order valence-electron chi connectivity index (χ1n) is 5.87. The summed E-state index contributed by atoms with van der Waals surface area (Å²) < 4.78 is 28.6. The van der Waals surface area contributed by atoms with Crippen molar-refractivity contribution in [2.45, 2.75) is 6.92 Å². The van der Waals surface area contributed by atoms with Crippen molar-refractivity contribution in [2.24, 2.45) is 0 Å². The number of anilines is 1. The van der Waals surface area contributed by atoms with E-state index in [-0.39, 0.29) is 106 Å². The molecular weight excluding hydrogens is 346 g/mol. The van der Waals surface area contributed by atoms with E-state index in [1.165, 1.54) is 6.07 Å². The molecule has 0 unspecified atom stereocenters. The number of halogens is 3. The van der Waals surface area contributed by atoms with Crippen molar-refractivity contribution in [3.05, 3.63) is 46.7 Å². The van der Waals surface area contributed by atoms with Crippen LogP contribution in [0.3, 0.4) is 0 Å². The van der Waals surface area contributed by atoms with Gasteiger partial charge in [-0.1, -0.05) is 17.7 Å². The quantitative estimate of drug-likeness (QED) is 0.509. The molecule has 0 amide bonds. The monoisotopic (exact) mass is 357 g/mol. The normalized spacial score (nSPS) is 10.2. The second-order valence-corrected chi connectivity index (χ2v) is 4.83. The van der Waals surface area contributed by atoms with Gasteiger partial charge in [-0.3, -0.25) is 0 Å². The molecule has 3 aromatic rings. The number of H-pyrrole nitrogens is 1. The van der Waals surface area contributed by atoms with Crippen LogP contribution in [0.1, 0.15) is 8.55 Å². The molecule has 1 aromatic carbocycles. The fourth-order valence-corrected chi connectivity index (χ4v) is 2.26. The number of nitrogens with one attached hydrogen (secondary N) is 1. The first kappa shape index (κ1) is 20.5. The van der Waals surface area contributed by atoms with Gasteiger partial charge in [-0.2, -0.15) is 0 Å². The van der Waals surface area contributed by atoms with E-state index < -0.39 is 11.6 Å². The first-order valence-corrected chi connectivity index (χ1v) is 6.25. The number of pyridine rings is 1. The van der Waals surface area contributed by atoms with Crippen LogP contribution in [0.5, 0.6) is 0 Å². The van der Waals surface area contributed by atoms with Gasteiger partial charge in [-0.15, -0.1) is 0 Å². The van der Waals surface area contributed by atoms with Crippen molar-refractivity contribution in [3.63, 3.8) is 0 Å². The summed E-state index contributed by atoms with van der Waals surface area (Å²) in [4.78, 5) is 6.79. The summed E-state index contributed by atoms with van der Waals surface area (Å²) in [5.74, 6) is -1.38. The van der Waals surface area contributed by atoms with Crippen molar-refractivity contribution < 1.29 is 92.6 Å². The van der Waals surface area contributed by atoms with Gasteiger partial charge in [0.1, 0.15) is 5.69 Å². The number of nitrogens with zero attached hydrogens (tertiary/aromatic N) is 1. The number of aromatic nitrogens is 2. The molecule has 106 valence electrons. The summed E-state index contributed by atoms with van der Waals surface area (Å²) in [5, 5.41) is 0.748. The molecule has 0 aliphatic heterocycles. The van der Waals surface area contributed by atoms with Gasteiger partial charge in [-0.05, 0) is 19.1 Å². The molecule has 2 heterocycles. The van der Waals surface area contributed by atoms with E-state index >= 15 is 0 Å². The second kappa shape index (κ2) is 8.05. The number of nitrogens with two attached hydrogens (primary N) is 1. The summed E-state index contributed by atoms with van der Waals surface area (Å²) in [6, 6.07) is 4.89. The topological polar surface area (TPSA) is 54.7 Å². The Kier molecular flexibility index (Phi) is 7.51. The van der Waals surface area contributed by atoms with E-state index in [2.05, 4.69) is 9.97 Å². The van der Waals surface area contributed by atoms with E-state index in [9.17, 15) is 8.78 Å². The molecule has 0 radical (unpaired) electrons. The number of nitrogen functional groups attached to an aromatic ring is 1. The second-order valence-electron chi connectivity index (χ2n) is 4.46. The molecule has 0 saturated carbocycles. The molecule has 0 aliphatic rings. The molecule has 8 heteroatoms. The first-order chi connectivity index (χ1) is 9.50. The van der Waals surface area contributed by atoms with Crippen molar-refractivity contribution in [2.75, 3.05) is 5.73 Å². The van der Waals surface area contributed by atoms with Crippen LogP contribution in [0.25, 0.3) is 22.2 Å². The summed E-state index contributed by atoms with van der Waals surface area (Å²) in [6.07, 6.45) is 1.61. The average molecular weight is 358 g/mol. The number of aromatic amines is 1. The maximum absolute atomic E-state index is 14.4. The minimum atomic E-state index is -0.814. The molecule has 0 aliphatic carbocycles. The summed E-state index contributed by atoms with van der Waals surface area (Å²) in [7, 11) is 0. The number of hydrogen-bond donors (Lipinski definition) is 2. The van der Waals surface area contributed by atoms with Gasteiger partial charge in [0.2, 0.25) is 0 Å². The van der Waals surface area contributed by atoms with Crippen LogP contribution in [-0.4, -0.2) is 9.97 Å². The summed E-state index contributed by atoms with van der Waals surface area (Å²) in [6.45, 7) is 1.59. The third kappa shape index (κ3) is 3.45. The Morgan fingerprint density at radius 2 is 1.91 bits per heavy atom. The summed E-state index contributed by atoms with van der Waals surface area (Å²) in [5.41, 5.74) is 5.92. The molecular formula is C14H12ClF2KN3Na. The Bertz CT molecular complexity index is 848. The predicted molar refractivity (Wildman–Crippen MR) is 77.8 cm³/mol. The van der Waals surface area contributed by atoms with E-state index in [1.807, 2.05) is 0 Å². The molecule has 22 heavy (non-hydrogen) atoms. The van der Waals surface area contributed by atoms with E-state index in [1.54, 1.807) is 25.3 Å². The van der Waals surface area contributed by atoms with Gasteiger partial charge in [0.15, 0.2) is 11.6 Å². The van der Waals surface area contributed by atoms with E-state index in [0.29, 0.717) is 16.6 Å². The Morgan fingerprint density at radius 3 is 2.59 bits per heavy atom. The molecule has 0 spiro atoms. The fraction of sp³-hybridized carbons (Fsp3) is 0.0714. The largest absolute Gasteiger partial charge is 1.00 e. The third-order valence-electron chi connectivity index (χ3n) is 3.20. The number of rotatable bonds is 1. The van der Waals surface area contributed by atoms with Gasteiger partial charge in [0, 0.05) is 17.1 Å². The van der Waals surface area contributed by atoms with Gasteiger partial charge >= 0.3 is 80.9 Å². The van der Waals surface area contributed by atoms with E-state index in [0.717, 1.165) is 0 Å². The minimum Gasteiger partial charge on any atom is -1.00 e. The van der Waals surface area contributed by atoms with Crippen molar-refractivity contribution >= 4 is 28.2 Å². The van der Waals surface area contributed by atoms with Crippen LogP contribution in [0.2, 0.25) is 5.02 Å². The van der Waals surface area contributed by atoms with Crippen molar-refractivity contribution in [3.8, 4) is 11.3 Å². The van der Waals surface area contributed by atoms with Crippen LogP contribution in [0.15, 0.2) is 24.4 Å². The Hall–Kier alpha value is 0.496. The van der Waals surface area contributed by atoms with E-state index in [4.69, 9.17) is 17.3 Å². The van der Waals surface area contributed by atoms with Crippen molar-refractivity contribution in [1.29, 1.82) is 0 Å². The van der Waals surface area contributed by atoms with Crippen LogP contribution >= 0.6 is 11.6 Å². The minimum absolute atomic E-state index is 0. The predicted octanol–water partition coefficient (Wildman–Crippen LogP) is -1.71. The standard InChI is InChI=1S/C14H10ClF2N3.K.Na.2H/c1-6-9(15)12(18)11(17)14(20-6)8-3-2-7-4-5-19-13(7)10(8)16;;;;/h2-5,19H,1H3,(H2,18,20);;;;/q;2*+1;2*-1. The molecule has 3 N–H and O–H groups in total. The molecule has 0 fully saturated rings. The number of aryl methyl sites for hydroxylation is 1. The SMILES string of the molecule is Cc1nc(-c2ccc3cc[nH]c3c2F)c(F)c(N)c1Cl.[H-].[H-].[K+].[Na+]. The maximum atomic E-state index is 14.4. The molecule has 0 saturated heterocycles. The smallest absolute Gasteiger partial charge is 1.00 e. The van der Waals surface area contributed by atoms with Crippen LogP contribution in [0, 0.1) is 18.6 Å². The Morgan fingerprint density at radius 1 is 1.23 bits per heavy atom. The molecule has 2 aromatic heterocycles. The molecule has 0 bridgehead atoms. The van der Waals surface area contributed by atoms with Gasteiger partial charge in [0.25, 0.3) is 0 Å². The van der Waals surface area contributed by atoms with Crippen LogP contribution in [0.4, 0.5) is 14.5 Å². The molecule has 3 rings (SSSR count).